The first-order valence-electron chi connectivity index (χ1n) is 5.70. The van der Waals surface area contributed by atoms with Gasteiger partial charge in [0.1, 0.15) is 0 Å². The fourth-order valence-corrected chi connectivity index (χ4v) is 2.88. The van der Waals surface area contributed by atoms with Gasteiger partial charge in [-0.2, -0.15) is 0 Å². The van der Waals surface area contributed by atoms with E-state index in [4.69, 9.17) is 0 Å². The quantitative estimate of drug-likeness (QED) is 0.898. The van der Waals surface area contributed by atoms with Crippen LogP contribution in [0.4, 0.5) is 5.69 Å². The lowest BCUT2D eigenvalue weighted by molar-refractivity contribution is -0.115. The zero-order valence-corrected chi connectivity index (χ0v) is 10.5. The summed E-state index contributed by atoms with van der Waals surface area (Å²) < 4.78 is 0. The molecule has 6 heteroatoms. The summed E-state index contributed by atoms with van der Waals surface area (Å²) in [6.45, 7) is 1.71. The van der Waals surface area contributed by atoms with Crippen molar-refractivity contribution < 1.29 is 4.79 Å². The summed E-state index contributed by atoms with van der Waals surface area (Å²) >= 11 is 1.59. The fourth-order valence-electron chi connectivity index (χ4n) is 1.92. The molecule has 0 aliphatic carbocycles. The third-order valence-corrected chi connectivity index (χ3v) is 3.69. The highest BCUT2D eigenvalue weighted by Gasteiger charge is 2.27. The Morgan fingerprint density at radius 1 is 1.56 bits per heavy atom. The molecular weight excluding hydrogens is 248 g/mol. The average molecular weight is 260 g/mol. The van der Waals surface area contributed by atoms with Crippen LogP contribution in [0, 0.1) is 0 Å². The van der Waals surface area contributed by atoms with Crippen molar-refractivity contribution in [1.29, 1.82) is 0 Å². The van der Waals surface area contributed by atoms with E-state index in [1.165, 1.54) is 0 Å². The van der Waals surface area contributed by atoms with E-state index in [0.717, 1.165) is 29.6 Å². The number of thioether (sulfide) groups is 1. The van der Waals surface area contributed by atoms with Crippen LogP contribution in [0.3, 0.4) is 0 Å². The number of hydrogen-bond acceptors (Lipinski definition) is 5. The Kier molecular flexibility index (Phi) is 3.02. The van der Waals surface area contributed by atoms with Crippen LogP contribution in [-0.4, -0.2) is 34.0 Å². The Morgan fingerprint density at radius 2 is 2.50 bits per heavy atom. The molecule has 5 nitrogen and oxygen atoms in total. The molecule has 0 unspecified atom stereocenters. The summed E-state index contributed by atoms with van der Waals surface area (Å²) in [6.07, 6.45) is 3.69. The third-order valence-electron chi connectivity index (χ3n) is 2.74. The molecule has 1 amide bonds. The van der Waals surface area contributed by atoms with Gasteiger partial charge in [0.2, 0.25) is 5.91 Å². The lowest BCUT2D eigenvalue weighted by atomic mass is 10.3. The van der Waals surface area contributed by atoms with Crippen LogP contribution < -0.4 is 5.32 Å². The predicted octanol–water partition coefficient (Wildman–Crippen LogP) is 1.67. The second-order valence-corrected chi connectivity index (χ2v) is 4.85. The molecule has 0 bridgehead atoms. The van der Waals surface area contributed by atoms with Gasteiger partial charge in [0, 0.05) is 18.4 Å². The number of amidine groups is 1. The molecule has 1 N–H and O–H groups in total. The van der Waals surface area contributed by atoms with Crippen molar-refractivity contribution in [1.82, 2.24) is 9.88 Å². The molecule has 92 valence electrons. The van der Waals surface area contributed by atoms with Gasteiger partial charge in [0.15, 0.2) is 5.17 Å². The maximum Gasteiger partial charge on any atom is 0.230 e. The first-order chi connectivity index (χ1) is 8.83. The number of aliphatic imine (C=N–C) groups is 1. The fraction of sp³-hybridized carbons (Fsp3) is 0.250. The Hall–Kier alpha value is -1.82. The molecule has 3 heterocycles. The number of amides is 1. The molecule has 0 saturated carbocycles. The zero-order valence-electron chi connectivity index (χ0n) is 9.67. The van der Waals surface area contributed by atoms with E-state index >= 15 is 0 Å². The van der Waals surface area contributed by atoms with Crippen molar-refractivity contribution in [2.45, 2.75) is 6.42 Å². The van der Waals surface area contributed by atoms with Gasteiger partial charge >= 0.3 is 0 Å². The van der Waals surface area contributed by atoms with Crippen molar-refractivity contribution in [2.75, 3.05) is 18.4 Å². The van der Waals surface area contributed by atoms with Gasteiger partial charge in [0.25, 0.3) is 0 Å². The van der Waals surface area contributed by atoms with Crippen molar-refractivity contribution in [3.8, 4) is 0 Å². The number of carbonyl (C=O) groups is 1. The first-order valence-corrected chi connectivity index (χ1v) is 6.58. The Bertz CT molecular complexity index is 526. The van der Waals surface area contributed by atoms with Crippen LogP contribution in [0.15, 0.2) is 40.6 Å². The van der Waals surface area contributed by atoms with Crippen LogP contribution in [0.1, 0.15) is 6.42 Å². The van der Waals surface area contributed by atoms with E-state index in [9.17, 15) is 4.79 Å². The molecule has 2 aliphatic rings. The molecule has 0 radical (unpaired) electrons. The molecule has 0 fully saturated rings. The van der Waals surface area contributed by atoms with Crippen molar-refractivity contribution >= 4 is 28.5 Å². The lowest BCUT2D eigenvalue weighted by Crippen LogP contribution is -2.24. The molecule has 3 rings (SSSR count). The molecule has 0 aromatic carbocycles. The minimum absolute atomic E-state index is 0.0250. The van der Waals surface area contributed by atoms with E-state index in [1.54, 1.807) is 30.2 Å². The van der Waals surface area contributed by atoms with Crippen LogP contribution >= 0.6 is 11.8 Å². The summed E-state index contributed by atoms with van der Waals surface area (Å²) in [4.78, 5) is 22.3. The maximum atomic E-state index is 11.9. The van der Waals surface area contributed by atoms with Crippen molar-refractivity contribution in [2.24, 2.45) is 4.99 Å². The molecule has 1 aromatic rings. The maximum absolute atomic E-state index is 11.9. The van der Waals surface area contributed by atoms with E-state index in [2.05, 4.69) is 20.2 Å². The molecular formula is C12H12N4OS. The van der Waals surface area contributed by atoms with E-state index in [-0.39, 0.29) is 5.91 Å². The lowest BCUT2D eigenvalue weighted by Gasteiger charge is -2.15. The van der Waals surface area contributed by atoms with Crippen LogP contribution in [0.25, 0.3) is 0 Å². The third kappa shape index (κ3) is 2.24. The highest BCUT2D eigenvalue weighted by molar-refractivity contribution is 8.16. The smallest absolute Gasteiger partial charge is 0.230 e. The van der Waals surface area contributed by atoms with Crippen LogP contribution in [-0.2, 0) is 4.79 Å². The highest BCUT2D eigenvalue weighted by Crippen LogP contribution is 2.30. The molecule has 0 atom stereocenters. The van der Waals surface area contributed by atoms with Gasteiger partial charge in [-0.3, -0.25) is 14.8 Å². The van der Waals surface area contributed by atoms with Crippen LogP contribution in [0.5, 0.6) is 0 Å². The second kappa shape index (κ2) is 4.81. The van der Waals surface area contributed by atoms with E-state index in [1.807, 2.05) is 11.5 Å². The standard InChI is InChI=1S/C12H12N4OS/c17-11(15-9-2-1-3-13-7-9)6-10-8-18-12-14-4-5-16(10)12/h1-3,7-8H,4-6H2,(H,15,17). The second-order valence-electron chi connectivity index (χ2n) is 4.01. The summed E-state index contributed by atoms with van der Waals surface area (Å²) in [5, 5.41) is 5.84. The minimum atomic E-state index is -0.0250. The molecule has 2 aliphatic heterocycles. The number of aromatic nitrogens is 1. The van der Waals surface area contributed by atoms with Gasteiger partial charge in [-0.25, -0.2) is 0 Å². The van der Waals surface area contributed by atoms with E-state index < -0.39 is 0 Å². The molecule has 0 spiro atoms. The Balaban J connectivity index is 1.61. The van der Waals surface area contributed by atoms with Crippen molar-refractivity contribution in [3.63, 3.8) is 0 Å². The highest BCUT2D eigenvalue weighted by atomic mass is 32.2. The van der Waals surface area contributed by atoms with Crippen molar-refractivity contribution in [3.05, 3.63) is 35.6 Å². The van der Waals surface area contributed by atoms with Crippen LogP contribution in [0.2, 0.25) is 0 Å². The van der Waals surface area contributed by atoms with Gasteiger partial charge in [0.05, 0.1) is 24.8 Å². The molecule has 18 heavy (non-hydrogen) atoms. The van der Waals surface area contributed by atoms with E-state index in [0.29, 0.717) is 6.42 Å². The summed E-state index contributed by atoms with van der Waals surface area (Å²) in [5.41, 5.74) is 1.75. The topological polar surface area (TPSA) is 57.6 Å². The number of hydrogen-bond donors (Lipinski definition) is 1. The molecule has 1 aromatic heterocycles. The largest absolute Gasteiger partial charge is 0.324 e. The van der Waals surface area contributed by atoms with Gasteiger partial charge in [-0.1, -0.05) is 11.8 Å². The predicted molar refractivity (Wildman–Crippen MR) is 72.2 cm³/mol. The minimum Gasteiger partial charge on any atom is -0.324 e. The first kappa shape index (κ1) is 11.3. The number of rotatable bonds is 3. The number of pyridine rings is 1. The Labute approximate surface area is 109 Å². The summed E-state index contributed by atoms with van der Waals surface area (Å²) in [5.74, 6) is -0.0250. The average Bonchev–Trinajstić information content (AvgIpc) is 2.95. The molecule has 0 saturated heterocycles. The normalized spacial score (nSPS) is 17.2. The number of nitrogens with zero attached hydrogens (tertiary/aromatic N) is 3. The van der Waals surface area contributed by atoms with Gasteiger partial charge in [-0.15, -0.1) is 0 Å². The number of anilines is 1. The number of fused-ring (bicyclic) bond motifs is 1. The monoisotopic (exact) mass is 260 g/mol. The summed E-state index contributed by atoms with van der Waals surface area (Å²) in [7, 11) is 0. The number of carbonyl (C=O) groups excluding carboxylic acids is 1. The van der Waals surface area contributed by atoms with Gasteiger partial charge < -0.3 is 10.2 Å². The SMILES string of the molecule is O=C(CC1=CSC2=NCCN12)Nc1cccnc1. The zero-order chi connectivity index (χ0) is 12.4. The number of nitrogens with one attached hydrogen (secondary N) is 1. The summed E-state index contributed by atoms with van der Waals surface area (Å²) in [6, 6.07) is 3.62. The Morgan fingerprint density at radius 3 is 3.33 bits per heavy atom. The van der Waals surface area contributed by atoms with Gasteiger partial charge in [-0.05, 0) is 17.5 Å².